The standard InChI is InChI=1S/C17H27N3O2/c1-14-18-16-6-5-15(21-4)13-17(16)20(14,3)8-7-19(2)9-11-22-12-10-19/h5-6,13H,7-12H2,1-4H3/q+2. The van der Waals surface area contributed by atoms with E-state index in [4.69, 9.17) is 14.5 Å². The highest BCUT2D eigenvalue weighted by Gasteiger charge is 2.40. The van der Waals surface area contributed by atoms with Crippen LogP contribution in [-0.2, 0) is 4.74 Å². The molecule has 5 nitrogen and oxygen atoms in total. The maximum Gasteiger partial charge on any atom is 0.205 e. The molecule has 22 heavy (non-hydrogen) atoms. The number of ether oxygens (including phenoxy) is 2. The van der Waals surface area contributed by atoms with Crippen LogP contribution >= 0.6 is 0 Å². The van der Waals surface area contributed by atoms with E-state index in [1.807, 2.05) is 6.07 Å². The van der Waals surface area contributed by atoms with E-state index in [9.17, 15) is 0 Å². The molecule has 5 heteroatoms. The van der Waals surface area contributed by atoms with Crippen LogP contribution in [0.25, 0.3) is 0 Å². The third-order valence-electron chi connectivity index (χ3n) is 5.35. The Morgan fingerprint density at radius 1 is 1.18 bits per heavy atom. The van der Waals surface area contributed by atoms with Gasteiger partial charge in [-0.2, -0.15) is 4.99 Å². The van der Waals surface area contributed by atoms with E-state index >= 15 is 0 Å². The van der Waals surface area contributed by atoms with Gasteiger partial charge < -0.3 is 14.0 Å². The Morgan fingerprint density at radius 3 is 2.59 bits per heavy atom. The molecular formula is C17H27N3O2+2. The van der Waals surface area contributed by atoms with Crippen molar-refractivity contribution in [2.24, 2.45) is 4.99 Å². The molecule has 0 saturated carbocycles. The fourth-order valence-electron chi connectivity index (χ4n) is 3.31. The van der Waals surface area contributed by atoms with Crippen molar-refractivity contribution in [1.29, 1.82) is 0 Å². The molecule has 3 rings (SSSR count). The molecule has 0 N–H and O–H groups in total. The van der Waals surface area contributed by atoms with E-state index in [2.05, 4.69) is 33.2 Å². The van der Waals surface area contributed by atoms with Gasteiger partial charge in [-0.15, -0.1) is 0 Å². The van der Waals surface area contributed by atoms with E-state index in [-0.39, 0.29) is 0 Å². The molecule has 1 unspecified atom stereocenters. The number of rotatable bonds is 4. The topological polar surface area (TPSA) is 30.8 Å². The first-order chi connectivity index (χ1) is 10.5. The minimum Gasteiger partial charge on any atom is -0.497 e. The van der Waals surface area contributed by atoms with Gasteiger partial charge in [-0.05, 0) is 12.1 Å². The Labute approximate surface area is 132 Å². The number of quaternary nitrogens is 2. The lowest BCUT2D eigenvalue weighted by Crippen LogP contribution is -2.59. The van der Waals surface area contributed by atoms with Crippen LogP contribution in [0.4, 0.5) is 11.4 Å². The van der Waals surface area contributed by atoms with Gasteiger partial charge in [0.05, 0.1) is 34.4 Å². The number of fused-ring (bicyclic) bond motifs is 1. The van der Waals surface area contributed by atoms with Crippen LogP contribution in [0, 0.1) is 0 Å². The van der Waals surface area contributed by atoms with Gasteiger partial charge in [0.1, 0.15) is 37.6 Å². The van der Waals surface area contributed by atoms with Gasteiger partial charge >= 0.3 is 0 Å². The zero-order chi connectivity index (χ0) is 15.8. The zero-order valence-electron chi connectivity index (χ0n) is 14.1. The highest BCUT2D eigenvalue weighted by atomic mass is 16.5. The van der Waals surface area contributed by atoms with Crippen LogP contribution in [0.1, 0.15) is 6.92 Å². The molecule has 0 aromatic heterocycles. The monoisotopic (exact) mass is 305 g/mol. The lowest BCUT2D eigenvalue weighted by atomic mass is 10.2. The average molecular weight is 305 g/mol. The second-order valence-corrected chi connectivity index (χ2v) is 6.83. The third-order valence-corrected chi connectivity index (χ3v) is 5.35. The predicted molar refractivity (Wildman–Crippen MR) is 90.0 cm³/mol. The number of methoxy groups -OCH3 is 1. The van der Waals surface area contributed by atoms with E-state index < -0.39 is 0 Å². The number of amidine groups is 1. The SMILES string of the molecule is COc1ccc2c(c1)[N+](C)(CC[N+]1(C)CCOCC1)C(C)=N2. The Morgan fingerprint density at radius 2 is 1.91 bits per heavy atom. The molecule has 1 saturated heterocycles. The summed E-state index contributed by atoms with van der Waals surface area (Å²) in [6.07, 6.45) is 0. The predicted octanol–water partition coefficient (Wildman–Crippen LogP) is 2.17. The number of nitrogens with zero attached hydrogens (tertiary/aromatic N) is 3. The molecule has 2 aliphatic rings. The molecule has 1 atom stereocenters. The summed E-state index contributed by atoms with van der Waals surface area (Å²) in [5.41, 5.74) is 2.32. The van der Waals surface area contributed by atoms with Crippen molar-refractivity contribution in [3.05, 3.63) is 18.2 Å². The minimum absolute atomic E-state index is 0.779. The highest BCUT2D eigenvalue weighted by molar-refractivity contribution is 6.00. The average Bonchev–Trinajstić information content (AvgIpc) is 2.78. The van der Waals surface area contributed by atoms with Crippen molar-refractivity contribution in [3.63, 3.8) is 0 Å². The van der Waals surface area contributed by atoms with Gasteiger partial charge in [-0.3, -0.25) is 0 Å². The van der Waals surface area contributed by atoms with Crippen LogP contribution in [0.15, 0.2) is 23.2 Å². The molecule has 1 aromatic carbocycles. The first kappa shape index (κ1) is 15.5. The third kappa shape index (κ3) is 2.64. The second-order valence-electron chi connectivity index (χ2n) is 6.83. The number of morpholine rings is 1. The van der Waals surface area contributed by atoms with Crippen LogP contribution in [0.3, 0.4) is 0 Å². The lowest BCUT2D eigenvalue weighted by molar-refractivity contribution is -0.916. The van der Waals surface area contributed by atoms with Crippen LogP contribution in [0.2, 0.25) is 0 Å². The fraction of sp³-hybridized carbons (Fsp3) is 0.588. The van der Waals surface area contributed by atoms with Crippen molar-refractivity contribution < 1.29 is 14.0 Å². The molecule has 120 valence electrons. The molecule has 0 radical (unpaired) electrons. The van der Waals surface area contributed by atoms with Gasteiger partial charge in [-0.1, -0.05) is 0 Å². The molecule has 1 aromatic rings. The number of benzene rings is 1. The fourth-order valence-corrected chi connectivity index (χ4v) is 3.31. The molecule has 2 heterocycles. The first-order valence-corrected chi connectivity index (χ1v) is 7.98. The van der Waals surface area contributed by atoms with Crippen LogP contribution in [0.5, 0.6) is 5.75 Å². The summed E-state index contributed by atoms with van der Waals surface area (Å²) in [5.74, 6) is 2.06. The second kappa shape index (κ2) is 5.65. The van der Waals surface area contributed by atoms with E-state index in [0.717, 1.165) is 65.6 Å². The molecule has 1 fully saturated rings. The van der Waals surface area contributed by atoms with E-state index in [1.165, 1.54) is 5.69 Å². The molecule has 0 amide bonds. The Kier molecular flexibility index (Phi) is 3.97. The maximum absolute atomic E-state index is 5.51. The summed E-state index contributed by atoms with van der Waals surface area (Å²) in [7, 11) is 6.31. The van der Waals surface area contributed by atoms with Crippen LogP contribution in [-0.4, -0.2) is 70.9 Å². The van der Waals surface area contributed by atoms with Gasteiger partial charge in [0, 0.05) is 13.0 Å². The molecule has 0 bridgehead atoms. The maximum atomic E-state index is 5.51. The summed E-state index contributed by atoms with van der Waals surface area (Å²) in [6.45, 7) is 8.25. The van der Waals surface area contributed by atoms with Crippen molar-refractivity contribution in [1.82, 2.24) is 4.48 Å². The quantitative estimate of drug-likeness (QED) is 0.798. The Hall–Kier alpha value is -1.43. The summed E-state index contributed by atoms with van der Waals surface area (Å²) < 4.78 is 12.8. The summed E-state index contributed by atoms with van der Waals surface area (Å²) >= 11 is 0. The van der Waals surface area contributed by atoms with E-state index in [1.54, 1.807) is 7.11 Å². The lowest BCUT2D eigenvalue weighted by Gasteiger charge is -2.40. The normalized spacial score (nSPS) is 26.5. The highest BCUT2D eigenvalue weighted by Crippen LogP contribution is 2.41. The largest absolute Gasteiger partial charge is 0.497 e. The Balaban J connectivity index is 1.82. The van der Waals surface area contributed by atoms with Crippen molar-refractivity contribution >= 4 is 17.2 Å². The number of hydrogen-bond donors (Lipinski definition) is 0. The van der Waals surface area contributed by atoms with Gasteiger partial charge in [-0.25, -0.2) is 4.48 Å². The summed E-state index contributed by atoms with van der Waals surface area (Å²) in [4.78, 5) is 4.77. The number of likely N-dealkylation sites (N-methyl/N-ethyl adjacent to an activating group) is 2. The molecule has 0 aliphatic carbocycles. The zero-order valence-corrected chi connectivity index (χ0v) is 14.1. The molecule has 0 spiro atoms. The molecule has 2 aliphatic heterocycles. The van der Waals surface area contributed by atoms with Gasteiger partial charge in [0.15, 0.2) is 5.69 Å². The first-order valence-electron chi connectivity index (χ1n) is 7.98. The molecular weight excluding hydrogens is 278 g/mol. The van der Waals surface area contributed by atoms with Crippen molar-refractivity contribution in [2.45, 2.75) is 6.92 Å². The van der Waals surface area contributed by atoms with Gasteiger partial charge in [0.25, 0.3) is 0 Å². The van der Waals surface area contributed by atoms with Crippen molar-refractivity contribution in [3.8, 4) is 5.75 Å². The van der Waals surface area contributed by atoms with Crippen molar-refractivity contribution in [2.75, 3.05) is 60.6 Å². The smallest absolute Gasteiger partial charge is 0.205 e. The summed E-state index contributed by atoms with van der Waals surface area (Å²) in [5, 5.41) is 0. The van der Waals surface area contributed by atoms with Crippen LogP contribution < -0.4 is 9.22 Å². The Bertz CT molecular complexity index is 594. The minimum atomic E-state index is 0.779. The summed E-state index contributed by atoms with van der Waals surface area (Å²) in [6, 6.07) is 6.18. The number of aliphatic imine (C=N–C) groups is 1. The van der Waals surface area contributed by atoms with E-state index in [0.29, 0.717) is 0 Å². The number of hydrogen-bond acceptors (Lipinski definition) is 3. The van der Waals surface area contributed by atoms with Gasteiger partial charge in [0.2, 0.25) is 5.84 Å².